The highest BCUT2D eigenvalue weighted by atomic mass is 32.2. The number of ether oxygens (including phenoxy) is 1. The van der Waals surface area contributed by atoms with Crippen LogP contribution in [0.4, 0.5) is 0 Å². The lowest BCUT2D eigenvalue weighted by molar-refractivity contribution is 0.162. The molecular formula is C10H21NO3S. The average Bonchev–Trinajstić information content (AvgIpc) is 2.14. The summed E-state index contributed by atoms with van der Waals surface area (Å²) in [4.78, 5) is 0. The predicted octanol–water partition coefficient (Wildman–Crippen LogP) is 1.30. The number of nitrogens with one attached hydrogen (secondary N) is 1. The highest BCUT2D eigenvalue weighted by molar-refractivity contribution is 7.89. The van der Waals surface area contributed by atoms with Crippen molar-refractivity contribution in [3.8, 4) is 0 Å². The summed E-state index contributed by atoms with van der Waals surface area (Å²) in [6, 6.07) is 0. The largest absolute Gasteiger partial charge is 0.376 e. The third kappa shape index (κ3) is 9.90. The molecule has 0 radical (unpaired) electrons. The lowest BCUT2D eigenvalue weighted by Crippen LogP contribution is -2.29. The number of sulfonamides is 1. The van der Waals surface area contributed by atoms with E-state index in [0.717, 1.165) is 12.0 Å². The van der Waals surface area contributed by atoms with E-state index in [4.69, 9.17) is 4.74 Å². The predicted molar refractivity (Wildman–Crippen MR) is 62.3 cm³/mol. The van der Waals surface area contributed by atoms with Gasteiger partial charge in [0.25, 0.3) is 0 Å². The Balaban J connectivity index is 3.53. The van der Waals surface area contributed by atoms with Crippen molar-refractivity contribution in [3.63, 3.8) is 0 Å². The van der Waals surface area contributed by atoms with Crippen molar-refractivity contribution in [2.75, 3.05) is 25.5 Å². The molecule has 1 N–H and O–H groups in total. The SMILES string of the molecule is C=C(C)COCCNS(=O)(=O)CCCC. The maximum absolute atomic E-state index is 11.3. The molecule has 0 fully saturated rings. The molecule has 15 heavy (non-hydrogen) atoms. The third-order valence-corrected chi connectivity index (χ3v) is 3.15. The van der Waals surface area contributed by atoms with Gasteiger partial charge in [0, 0.05) is 6.54 Å². The number of hydrogen-bond acceptors (Lipinski definition) is 3. The molecule has 0 bridgehead atoms. The second-order valence-electron chi connectivity index (χ2n) is 3.58. The van der Waals surface area contributed by atoms with Crippen molar-refractivity contribution < 1.29 is 13.2 Å². The highest BCUT2D eigenvalue weighted by Crippen LogP contribution is 1.93. The molecule has 0 aromatic rings. The fraction of sp³-hybridized carbons (Fsp3) is 0.800. The van der Waals surface area contributed by atoms with Gasteiger partial charge in [-0.1, -0.05) is 25.5 Å². The van der Waals surface area contributed by atoms with Crippen LogP contribution in [0.2, 0.25) is 0 Å². The summed E-state index contributed by atoms with van der Waals surface area (Å²) in [7, 11) is -3.10. The van der Waals surface area contributed by atoms with Crippen LogP contribution in [0, 0.1) is 0 Å². The van der Waals surface area contributed by atoms with Gasteiger partial charge < -0.3 is 4.74 Å². The summed E-state index contributed by atoms with van der Waals surface area (Å²) in [5.41, 5.74) is 0.934. The Morgan fingerprint density at radius 2 is 2.13 bits per heavy atom. The van der Waals surface area contributed by atoms with Crippen molar-refractivity contribution in [1.82, 2.24) is 4.72 Å². The fourth-order valence-electron chi connectivity index (χ4n) is 0.922. The van der Waals surface area contributed by atoms with E-state index >= 15 is 0 Å². The quantitative estimate of drug-likeness (QED) is 0.484. The normalized spacial score (nSPS) is 11.6. The van der Waals surface area contributed by atoms with Gasteiger partial charge in [0.05, 0.1) is 19.0 Å². The molecular weight excluding hydrogens is 214 g/mol. The van der Waals surface area contributed by atoms with Crippen LogP contribution in [0.15, 0.2) is 12.2 Å². The summed E-state index contributed by atoms with van der Waals surface area (Å²) < 4.78 is 30.3. The number of rotatable bonds is 9. The van der Waals surface area contributed by atoms with Crippen molar-refractivity contribution in [3.05, 3.63) is 12.2 Å². The minimum Gasteiger partial charge on any atom is -0.376 e. The van der Waals surface area contributed by atoms with Gasteiger partial charge in [-0.05, 0) is 13.3 Å². The average molecular weight is 235 g/mol. The first-order chi connectivity index (χ1) is 6.98. The molecule has 0 saturated heterocycles. The summed E-state index contributed by atoms with van der Waals surface area (Å²) in [5, 5.41) is 0. The first-order valence-corrected chi connectivity index (χ1v) is 6.82. The van der Waals surface area contributed by atoms with E-state index in [1.165, 1.54) is 0 Å². The molecule has 4 nitrogen and oxygen atoms in total. The van der Waals surface area contributed by atoms with E-state index in [-0.39, 0.29) is 5.75 Å². The van der Waals surface area contributed by atoms with Gasteiger partial charge in [0.2, 0.25) is 10.0 Å². The zero-order valence-corrected chi connectivity index (χ0v) is 10.4. The van der Waals surface area contributed by atoms with E-state index in [1.807, 2.05) is 13.8 Å². The minimum absolute atomic E-state index is 0.198. The maximum Gasteiger partial charge on any atom is 0.211 e. The minimum atomic E-state index is -3.10. The van der Waals surface area contributed by atoms with Crippen LogP contribution < -0.4 is 4.72 Å². The molecule has 0 aliphatic carbocycles. The van der Waals surface area contributed by atoms with Crippen molar-refractivity contribution in [2.24, 2.45) is 0 Å². The van der Waals surface area contributed by atoms with Crippen LogP contribution >= 0.6 is 0 Å². The Morgan fingerprint density at radius 3 is 2.67 bits per heavy atom. The lowest BCUT2D eigenvalue weighted by Gasteiger charge is -2.06. The van der Waals surface area contributed by atoms with Gasteiger partial charge >= 0.3 is 0 Å². The molecule has 0 aliphatic rings. The van der Waals surface area contributed by atoms with Gasteiger partial charge in [-0.2, -0.15) is 0 Å². The maximum atomic E-state index is 11.3. The van der Waals surface area contributed by atoms with Crippen LogP contribution in [0.1, 0.15) is 26.7 Å². The van der Waals surface area contributed by atoms with Crippen LogP contribution in [-0.2, 0) is 14.8 Å². The van der Waals surface area contributed by atoms with Gasteiger partial charge in [-0.15, -0.1) is 0 Å². The summed E-state index contributed by atoms with van der Waals surface area (Å²) >= 11 is 0. The summed E-state index contributed by atoms with van der Waals surface area (Å²) in [5.74, 6) is 0.198. The van der Waals surface area contributed by atoms with Crippen molar-refractivity contribution >= 4 is 10.0 Å². The third-order valence-electron chi connectivity index (χ3n) is 1.68. The van der Waals surface area contributed by atoms with Gasteiger partial charge in [-0.3, -0.25) is 0 Å². The van der Waals surface area contributed by atoms with Crippen molar-refractivity contribution in [1.29, 1.82) is 0 Å². The molecule has 0 unspecified atom stereocenters. The standard InChI is InChI=1S/C10H21NO3S/c1-4-5-8-15(12,13)11-6-7-14-9-10(2)3/h11H,2,4-9H2,1,3H3. The van der Waals surface area contributed by atoms with Crippen LogP contribution in [0.3, 0.4) is 0 Å². The molecule has 0 heterocycles. The molecule has 0 saturated carbocycles. The Hall–Kier alpha value is -0.390. The van der Waals surface area contributed by atoms with Crippen LogP contribution in [0.5, 0.6) is 0 Å². The Kier molecular flexibility index (Phi) is 7.64. The van der Waals surface area contributed by atoms with Gasteiger partial charge in [-0.25, -0.2) is 13.1 Å². The van der Waals surface area contributed by atoms with Gasteiger partial charge in [0.1, 0.15) is 0 Å². The van der Waals surface area contributed by atoms with Crippen molar-refractivity contribution in [2.45, 2.75) is 26.7 Å². The Bertz CT molecular complexity index is 272. The first kappa shape index (κ1) is 14.6. The monoisotopic (exact) mass is 235 g/mol. The first-order valence-electron chi connectivity index (χ1n) is 5.17. The Labute approximate surface area is 92.8 Å². The molecule has 5 heteroatoms. The number of unbranched alkanes of at least 4 members (excludes halogenated alkanes) is 1. The molecule has 0 amide bonds. The van der Waals surface area contributed by atoms with E-state index in [9.17, 15) is 8.42 Å². The Morgan fingerprint density at radius 1 is 1.47 bits per heavy atom. The van der Waals surface area contributed by atoms with Crippen LogP contribution in [-0.4, -0.2) is 33.9 Å². The summed E-state index contributed by atoms with van der Waals surface area (Å²) in [6.45, 7) is 8.71. The zero-order chi connectivity index (χ0) is 11.7. The topological polar surface area (TPSA) is 55.4 Å². The lowest BCUT2D eigenvalue weighted by atomic mass is 10.4. The van der Waals surface area contributed by atoms with E-state index in [1.54, 1.807) is 0 Å². The smallest absolute Gasteiger partial charge is 0.211 e. The summed E-state index contributed by atoms with van der Waals surface area (Å²) in [6.07, 6.45) is 1.58. The molecule has 0 aliphatic heterocycles. The second kappa shape index (κ2) is 7.84. The second-order valence-corrected chi connectivity index (χ2v) is 5.50. The number of hydrogen-bond donors (Lipinski definition) is 1. The zero-order valence-electron chi connectivity index (χ0n) is 9.58. The van der Waals surface area contributed by atoms with Gasteiger partial charge in [0.15, 0.2) is 0 Å². The fourth-order valence-corrected chi connectivity index (χ4v) is 2.13. The highest BCUT2D eigenvalue weighted by Gasteiger charge is 2.07. The molecule has 0 aromatic carbocycles. The molecule has 0 spiro atoms. The molecule has 0 atom stereocenters. The van der Waals surface area contributed by atoms with E-state index < -0.39 is 10.0 Å². The molecule has 0 rings (SSSR count). The van der Waals surface area contributed by atoms with E-state index in [2.05, 4.69) is 11.3 Å². The van der Waals surface area contributed by atoms with E-state index in [0.29, 0.717) is 26.2 Å². The molecule has 0 aromatic heterocycles. The molecule has 90 valence electrons. The van der Waals surface area contributed by atoms with Crippen LogP contribution in [0.25, 0.3) is 0 Å².